The summed E-state index contributed by atoms with van der Waals surface area (Å²) in [5, 5.41) is 2.52. The number of benzene rings is 1. The summed E-state index contributed by atoms with van der Waals surface area (Å²) in [6.45, 7) is 0.398. The largest absolute Gasteiger partial charge is 0.350 e. The highest BCUT2D eigenvalue weighted by atomic mass is 19.2. The van der Waals surface area contributed by atoms with Crippen molar-refractivity contribution in [1.29, 1.82) is 0 Å². The quantitative estimate of drug-likeness (QED) is 0.583. The van der Waals surface area contributed by atoms with E-state index in [1.807, 2.05) is 6.07 Å². The lowest BCUT2D eigenvalue weighted by Crippen LogP contribution is -2.38. The molecule has 0 radical (unpaired) electrons. The second-order valence-corrected chi connectivity index (χ2v) is 2.57. The minimum absolute atomic E-state index is 0.124. The Hall–Kier alpha value is -1.58. The van der Waals surface area contributed by atoms with Crippen LogP contribution in [0.2, 0.25) is 0 Å². The van der Waals surface area contributed by atoms with Gasteiger partial charge in [0.05, 0.1) is 5.69 Å². The van der Waals surface area contributed by atoms with E-state index in [0.717, 1.165) is 5.56 Å². The molecule has 62 valence electrons. The minimum Gasteiger partial charge on any atom is -0.332 e. The van der Waals surface area contributed by atoms with Gasteiger partial charge in [-0.2, -0.15) is 0 Å². The topological polar surface area (TPSA) is 32.3 Å². The van der Waals surface area contributed by atoms with Crippen molar-refractivity contribution in [1.82, 2.24) is 5.32 Å². The Morgan fingerprint density at radius 3 is 3.00 bits per heavy atom. The van der Waals surface area contributed by atoms with Gasteiger partial charge in [0, 0.05) is 6.54 Å². The Morgan fingerprint density at radius 2 is 2.17 bits per heavy atom. The number of halogens is 1. The summed E-state index contributed by atoms with van der Waals surface area (Å²) in [5.74, 6) is 0. The van der Waals surface area contributed by atoms with Gasteiger partial charge in [-0.05, 0) is 11.6 Å². The fraction of sp³-hybridized carbons (Fsp3) is 0.125. The molecule has 1 N–H and O–H groups in total. The number of hydrogen-bond donors (Lipinski definition) is 1. The summed E-state index contributed by atoms with van der Waals surface area (Å²) in [5.41, 5.74) is 1.13. The number of nitrogens with zero attached hydrogens (tertiary/aromatic N) is 1. The van der Waals surface area contributed by atoms with Gasteiger partial charge >= 0.3 is 6.03 Å². The van der Waals surface area contributed by atoms with Crippen molar-refractivity contribution in [2.24, 2.45) is 0 Å². The molecule has 0 saturated heterocycles. The van der Waals surface area contributed by atoms with Crippen molar-refractivity contribution in [3.8, 4) is 0 Å². The van der Waals surface area contributed by atoms with Crippen molar-refractivity contribution >= 4 is 11.7 Å². The molecule has 1 aliphatic rings. The maximum absolute atomic E-state index is 13.0. The van der Waals surface area contributed by atoms with Crippen LogP contribution in [-0.2, 0) is 6.54 Å². The Morgan fingerprint density at radius 1 is 1.42 bits per heavy atom. The number of urea groups is 1. The second-order valence-electron chi connectivity index (χ2n) is 2.57. The average molecular weight is 166 g/mol. The fourth-order valence-corrected chi connectivity index (χ4v) is 1.20. The SMILES string of the molecule is O=C1NCc2ccccc2N1F. The number of amides is 2. The van der Waals surface area contributed by atoms with Crippen LogP contribution in [0.4, 0.5) is 15.0 Å². The van der Waals surface area contributed by atoms with Gasteiger partial charge in [0.15, 0.2) is 0 Å². The maximum Gasteiger partial charge on any atom is 0.350 e. The third kappa shape index (κ3) is 0.922. The Labute approximate surface area is 68.7 Å². The van der Waals surface area contributed by atoms with Crippen molar-refractivity contribution < 1.29 is 9.28 Å². The molecule has 0 fully saturated rings. The van der Waals surface area contributed by atoms with E-state index in [1.54, 1.807) is 18.2 Å². The molecule has 1 heterocycles. The Bertz CT molecular complexity index is 327. The van der Waals surface area contributed by atoms with Crippen LogP contribution in [0.3, 0.4) is 0 Å². The van der Waals surface area contributed by atoms with Crippen molar-refractivity contribution in [3.63, 3.8) is 0 Å². The molecule has 1 aliphatic heterocycles. The molecule has 3 nitrogen and oxygen atoms in total. The number of nitrogens with one attached hydrogen (secondary N) is 1. The van der Waals surface area contributed by atoms with Crippen molar-refractivity contribution in [2.45, 2.75) is 6.54 Å². The van der Waals surface area contributed by atoms with Gasteiger partial charge in [-0.15, -0.1) is 5.12 Å². The van der Waals surface area contributed by atoms with E-state index in [2.05, 4.69) is 5.32 Å². The predicted molar refractivity (Wildman–Crippen MR) is 42.3 cm³/mol. The molecule has 0 spiro atoms. The fourth-order valence-electron chi connectivity index (χ4n) is 1.20. The van der Waals surface area contributed by atoms with E-state index in [-0.39, 0.29) is 5.12 Å². The smallest absolute Gasteiger partial charge is 0.332 e. The molecular formula is C8H7FN2O. The standard InChI is InChI=1S/C8H7FN2O/c9-11-7-4-2-1-3-6(7)5-10-8(11)12/h1-4H,5H2,(H,10,12). The minimum atomic E-state index is -0.700. The molecule has 0 aromatic heterocycles. The van der Waals surface area contributed by atoms with Crippen LogP contribution in [0.5, 0.6) is 0 Å². The molecule has 0 bridgehead atoms. The zero-order chi connectivity index (χ0) is 8.55. The van der Waals surface area contributed by atoms with E-state index in [9.17, 15) is 9.28 Å². The van der Waals surface area contributed by atoms with E-state index in [4.69, 9.17) is 0 Å². The lowest BCUT2D eigenvalue weighted by Gasteiger charge is -2.21. The van der Waals surface area contributed by atoms with Gasteiger partial charge in [0.1, 0.15) is 0 Å². The van der Waals surface area contributed by atoms with Crippen LogP contribution in [0.25, 0.3) is 0 Å². The van der Waals surface area contributed by atoms with Crippen LogP contribution in [0.15, 0.2) is 24.3 Å². The number of anilines is 1. The van der Waals surface area contributed by atoms with E-state index < -0.39 is 6.03 Å². The first kappa shape index (κ1) is 7.09. The van der Waals surface area contributed by atoms with Crippen LogP contribution in [0.1, 0.15) is 5.56 Å². The first-order chi connectivity index (χ1) is 5.79. The number of carbonyl (C=O) groups excluding carboxylic acids is 1. The second kappa shape index (κ2) is 2.48. The molecule has 1 aromatic carbocycles. The van der Waals surface area contributed by atoms with Crippen LogP contribution in [-0.4, -0.2) is 6.03 Å². The molecule has 2 amide bonds. The summed E-state index contributed by atoms with van der Waals surface area (Å²) in [6.07, 6.45) is 0. The monoisotopic (exact) mass is 166 g/mol. The summed E-state index contributed by atoms with van der Waals surface area (Å²) in [7, 11) is 0. The van der Waals surface area contributed by atoms with Gasteiger partial charge in [-0.25, -0.2) is 4.79 Å². The Balaban J connectivity index is 2.48. The summed E-state index contributed by atoms with van der Waals surface area (Å²) in [4.78, 5) is 10.8. The summed E-state index contributed by atoms with van der Waals surface area (Å²) >= 11 is 0. The summed E-state index contributed by atoms with van der Waals surface area (Å²) < 4.78 is 13.0. The molecular weight excluding hydrogens is 159 g/mol. The van der Waals surface area contributed by atoms with Crippen molar-refractivity contribution in [3.05, 3.63) is 29.8 Å². The number of carbonyl (C=O) groups is 1. The van der Waals surface area contributed by atoms with Gasteiger partial charge in [-0.3, -0.25) is 0 Å². The lowest BCUT2D eigenvalue weighted by atomic mass is 10.1. The highest BCUT2D eigenvalue weighted by molar-refractivity contribution is 5.92. The molecule has 0 saturated carbocycles. The first-order valence-corrected chi connectivity index (χ1v) is 3.60. The number of fused-ring (bicyclic) bond motifs is 1. The van der Waals surface area contributed by atoms with Crippen LogP contribution in [0, 0.1) is 0 Å². The molecule has 0 aliphatic carbocycles. The summed E-state index contributed by atoms with van der Waals surface area (Å²) in [6, 6.07) is 6.16. The normalized spacial score (nSPS) is 15.4. The number of para-hydroxylation sites is 1. The molecule has 2 rings (SSSR count). The van der Waals surface area contributed by atoms with Crippen molar-refractivity contribution in [2.75, 3.05) is 5.12 Å². The van der Waals surface area contributed by atoms with Gasteiger partial charge in [0.25, 0.3) is 0 Å². The Kier molecular flexibility index (Phi) is 1.46. The molecule has 12 heavy (non-hydrogen) atoms. The molecule has 1 aromatic rings. The average Bonchev–Trinajstić information content (AvgIpc) is 2.12. The zero-order valence-electron chi connectivity index (χ0n) is 6.25. The first-order valence-electron chi connectivity index (χ1n) is 3.60. The highest BCUT2D eigenvalue weighted by Crippen LogP contribution is 2.23. The number of hydrogen-bond acceptors (Lipinski definition) is 1. The zero-order valence-corrected chi connectivity index (χ0v) is 6.25. The van der Waals surface area contributed by atoms with E-state index in [0.29, 0.717) is 12.2 Å². The third-order valence-corrected chi connectivity index (χ3v) is 1.81. The molecule has 0 unspecified atom stereocenters. The third-order valence-electron chi connectivity index (χ3n) is 1.81. The maximum atomic E-state index is 13.0. The van der Waals surface area contributed by atoms with Gasteiger partial charge in [-0.1, -0.05) is 22.7 Å². The van der Waals surface area contributed by atoms with E-state index >= 15 is 0 Å². The van der Waals surface area contributed by atoms with Gasteiger partial charge < -0.3 is 5.32 Å². The van der Waals surface area contributed by atoms with Gasteiger partial charge in [0.2, 0.25) is 0 Å². The molecule has 4 heteroatoms. The van der Waals surface area contributed by atoms with Crippen LogP contribution < -0.4 is 10.4 Å². The highest BCUT2D eigenvalue weighted by Gasteiger charge is 2.22. The lowest BCUT2D eigenvalue weighted by molar-refractivity contribution is 0.230. The predicted octanol–water partition coefficient (Wildman–Crippen LogP) is 1.60. The van der Waals surface area contributed by atoms with Crippen LogP contribution >= 0.6 is 0 Å². The molecule has 0 atom stereocenters. The number of rotatable bonds is 0. The van der Waals surface area contributed by atoms with E-state index in [1.165, 1.54) is 0 Å².